The highest BCUT2D eigenvalue weighted by molar-refractivity contribution is 5.30. The smallest absolute Gasteiger partial charge is 0.119 e. The van der Waals surface area contributed by atoms with Crippen LogP contribution in [0, 0.1) is 0 Å². The van der Waals surface area contributed by atoms with Crippen LogP contribution in [0.5, 0.6) is 5.75 Å². The number of rotatable bonds is 10. The Morgan fingerprint density at radius 3 is 2.14 bits per heavy atom. The summed E-state index contributed by atoms with van der Waals surface area (Å²) in [6.07, 6.45) is 2.81. The van der Waals surface area contributed by atoms with Crippen LogP contribution in [0.25, 0.3) is 0 Å². The molecule has 4 nitrogen and oxygen atoms in total. The zero-order valence-electron chi connectivity index (χ0n) is 13.8. The van der Waals surface area contributed by atoms with Crippen molar-refractivity contribution >= 4 is 0 Å². The van der Waals surface area contributed by atoms with E-state index in [0.717, 1.165) is 37.2 Å². The normalized spacial score (nSPS) is 13.2. The van der Waals surface area contributed by atoms with Gasteiger partial charge in [-0.25, -0.2) is 0 Å². The van der Waals surface area contributed by atoms with Crippen LogP contribution in [0.2, 0.25) is 0 Å². The van der Waals surface area contributed by atoms with Crippen LogP contribution in [0.3, 0.4) is 0 Å². The zero-order chi connectivity index (χ0) is 15.7. The molecule has 1 aromatic carbocycles. The summed E-state index contributed by atoms with van der Waals surface area (Å²) in [5, 5.41) is 0. The molecule has 4 heteroatoms. The lowest BCUT2D eigenvalue weighted by atomic mass is 9.84. The van der Waals surface area contributed by atoms with E-state index in [1.54, 1.807) is 0 Å². The fourth-order valence-electron chi connectivity index (χ4n) is 2.76. The average molecular weight is 294 g/mol. The first-order valence-electron chi connectivity index (χ1n) is 8.00. The minimum atomic E-state index is -0.282. The third kappa shape index (κ3) is 4.43. The molecule has 21 heavy (non-hydrogen) atoms. The number of benzene rings is 1. The Morgan fingerprint density at radius 2 is 1.71 bits per heavy atom. The summed E-state index contributed by atoms with van der Waals surface area (Å²) in [6, 6.07) is 8.09. The molecule has 0 aliphatic heterocycles. The number of hydrogen-bond donors (Lipinski definition) is 2. The maximum atomic E-state index is 6.06. The van der Waals surface area contributed by atoms with E-state index in [1.807, 2.05) is 19.1 Å². The molecular formula is C17H30N2O2. The second-order valence-electron chi connectivity index (χ2n) is 5.22. The predicted octanol–water partition coefficient (Wildman–Crippen LogP) is 3.58. The van der Waals surface area contributed by atoms with E-state index < -0.39 is 0 Å². The Hall–Kier alpha value is -1.10. The molecule has 0 fully saturated rings. The van der Waals surface area contributed by atoms with Crippen LogP contribution in [0.15, 0.2) is 24.3 Å². The first-order valence-corrected chi connectivity index (χ1v) is 8.00. The summed E-state index contributed by atoms with van der Waals surface area (Å²) in [4.78, 5) is 0. The van der Waals surface area contributed by atoms with Crippen molar-refractivity contribution in [3.63, 3.8) is 0 Å². The molecule has 0 spiro atoms. The maximum absolute atomic E-state index is 6.06. The average Bonchev–Trinajstić information content (AvgIpc) is 2.53. The Bertz CT molecular complexity index is 388. The highest BCUT2D eigenvalue weighted by Crippen LogP contribution is 2.35. The molecular weight excluding hydrogens is 264 g/mol. The lowest BCUT2D eigenvalue weighted by Crippen LogP contribution is -2.48. The molecule has 3 N–H and O–H groups in total. The molecule has 0 saturated heterocycles. The third-order valence-electron chi connectivity index (χ3n) is 4.01. The summed E-state index contributed by atoms with van der Waals surface area (Å²) < 4.78 is 11.7. The molecule has 1 rings (SSSR count). The van der Waals surface area contributed by atoms with Gasteiger partial charge >= 0.3 is 0 Å². The Morgan fingerprint density at radius 1 is 1.10 bits per heavy atom. The fraction of sp³-hybridized carbons (Fsp3) is 0.647. The summed E-state index contributed by atoms with van der Waals surface area (Å²) in [5.41, 5.74) is 3.78. The van der Waals surface area contributed by atoms with Gasteiger partial charge in [-0.3, -0.25) is 11.3 Å². The van der Waals surface area contributed by atoms with Gasteiger partial charge in [-0.15, -0.1) is 0 Å². The van der Waals surface area contributed by atoms with E-state index in [9.17, 15) is 0 Å². The number of nitrogens with two attached hydrogens (primary N) is 1. The lowest BCUT2D eigenvalue weighted by molar-refractivity contribution is -0.0734. The molecule has 0 radical (unpaired) electrons. The molecule has 0 aromatic heterocycles. The Kier molecular flexibility index (Phi) is 7.72. The van der Waals surface area contributed by atoms with Crippen molar-refractivity contribution in [2.24, 2.45) is 5.84 Å². The van der Waals surface area contributed by atoms with E-state index in [4.69, 9.17) is 15.3 Å². The fourth-order valence-corrected chi connectivity index (χ4v) is 2.76. The maximum Gasteiger partial charge on any atom is 0.119 e. The molecule has 1 aromatic rings. The quantitative estimate of drug-likeness (QED) is 0.511. The first-order chi connectivity index (χ1) is 10.2. The molecule has 0 amide bonds. The van der Waals surface area contributed by atoms with E-state index in [-0.39, 0.29) is 11.6 Å². The van der Waals surface area contributed by atoms with Crippen LogP contribution in [-0.2, 0) is 4.74 Å². The van der Waals surface area contributed by atoms with Crippen LogP contribution >= 0.6 is 0 Å². The van der Waals surface area contributed by atoms with Crippen molar-refractivity contribution in [3.8, 4) is 5.75 Å². The first kappa shape index (κ1) is 18.0. The van der Waals surface area contributed by atoms with Crippen LogP contribution in [0.1, 0.15) is 58.6 Å². The van der Waals surface area contributed by atoms with Gasteiger partial charge in [0.1, 0.15) is 5.75 Å². The molecule has 0 aliphatic rings. The van der Waals surface area contributed by atoms with Crippen molar-refractivity contribution in [3.05, 3.63) is 29.8 Å². The Labute approximate surface area is 129 Å². The van der Waals surface area contributed by atoms with Crippen molar-refractivity contribution in [2.75, 3.05) is 13.2 Å². The summed E-state index contributed by atoms with van der Waals surface area (Å²) in [6.45, 7) is 9.82. The minimum Gasteiger partial charge on any atom is -0.494 e. The number of ether oxygens (including phenoxy) is 2. The van der Waals surface area contributed by atoms with Gasteiger partial charge in [0.2, 0.25) is 0 Å². The van der Waals surface area contributed by atoms with Gasteiger partial charge in [0.25, 0.3) is 0 Å². The van der Waals surface area contributed by atoms with Crippen molar-refractivity contribution in [1.82, 2.24) is 5.43 Å². The summed E-state index contributed by atoms with van der Waals surface area (Å²) in [5.74, 6) is 6.72. The largest absolute Gasteiger partial charge is 0.494 e. The van der Waals surface area contributed by atoms with Gasteiger partial charge in [0.05, 0.1) is 18.2 Å². The second kappa shape index (κ2) is 9.03. The third-order valence-corrected chi connectivity index (χ3v) is 4.01. The van der Waals surface area contributed by atoms with Gasteiger partial charge in [-0.2, -0.15) is 0 Å². The van der Waals surface area contributed by atoms with E-state index in [1.165, 1.54) is 0 Å². The highest BCUT2D eigenvalue weighted by Gasteiger charge is 2.37. The highest BCUT2D eigenvalue weighted by atomic mass is 16.5. The van der Waals surface area contributed by atoms with Gasteiger partial charge in [-0.05, 0) is 43.9 Å². The predicted molar refractivity (Wildman–Crippen MR) is 87.2 cm³/mol. The molecule has 0 saturated carbocycles. The molecule has 0 aliphatic carbocycles. The number of hydrogen-bond acceptors (Lipinski definition) is 4. The molecule has 1 atom stereocenters. The SMILES string of the molecule is CCCOc1ccc(C(NN)C(CC)(CC)OCC)cc1. The van der Waals surface area contributed by atoms with Crippen LogP contribution in [0.4, 0.5) is 0 Å². The number of hydrazine groups is 1. The second-order valence-corrected chi connectivity index (χ2v) is 5.22. The molecule has 1 unspecified atom stereocenters. The van der Waals surface area contributed by atoms with Gasteiger partial charge in [0.15, 0.2) is 0 Å². The molecule has 0 heterocycles. The van der Waals surface area contributed by atoms with E-state index in [0.29, 0.717) is 6.61 Å². The summed E-state index contributed by atoms with van der Waals surface area (Å²) >= 11 is 0. The molecule has 120 valence electrons. The van der Waals surface area contributed by atoms with Crippen molar-refractivity contribution in [1.29, 1.82) is 0 Å². The van der Waals surface area contributed by atoms with Crippen molar-refractivity contribution < 1.29 is 9.47 Å². The molecule has 0 bridgehead atoms. The Balaban J connectivity index is 2.97. The van der Waals surface area contributed by atoms with Gasteiger partial charge in [0, 0.05) is 6.61 Å². The number of nitrogens with one attached hydrogen (secondary N) is 1. The van der Waals surface area contributed by atoms with E-state index >= 15 is 0 Å². The standard InChI is InChI=1S/C17H30N2O2/c1-5-13-20-15-11-9-14(10-12-15)16(19-18)17(6-2,7-3)21-8-4/h9-12,16,19H,5-8,13,18H2,1-4H3. The monoisotopic (exact) mass is 294 g/mol. The lowest BCUT2D eigenvalue weighted by Gasteiger charge is -2.39. The van der Waals surface area contributed by atoms with E-state index in [2.05, 4.69) is 38.3 Å². The minimum absolute atomic E-state index is 0.0346. The topological polar surface area (TPSA) is 56.5 Å². The van der Waals surface area contributed by atoms with Crippen LogP contribution in [-0.4, -0.2) is 18.8 Å². The van der Waals surface area contributed by atoms with Crippen LogP contribution < -0.4 is 16.0 Å². The van der Waals surface area contributed by atoms with Gasteiger partial charge < -0.3 is 9.47 Å². The summed E-state index contributed by atoms with van der Waals surface area (Å²) in [7, 11) is 0. The van der Waals surface area contributed by atoms with Crippen molar-refractivity contribution in [2.45, 2.75) is 58.6 Å². The van der Waals surface area contributed by atoms with Gasteiger partial charge in [-0.1, -0.05) is 32.9 Å². The zero-order valence-corrected chi connectivity index (χ0v) is 13.8.